The highest BCUT2D eigenvalue weighted by atomic mass is 16.3. The van der Waals surface area contributed by atoms with E-state index in [9.17, 15) is 0 Å². The minimum atomic E-state index is 0.549. The summed E-state index contributed by atoms with van der Waals surface area (Å²) in [7, 11) is 0. The fourth-order valence-electron chi connectivity index (χ4n) is 2.33. The largest absolute Gasteiger partial charge is 0.459 e. The Bertz CT molecular complexity index is 500. The standard InChI is InChI=1S/C12H15N3O/c1-8-12-10(7-14-15-8)6-11(16-12)9-2-4-13-5-3-9/h6-7,9,13H,2-5H2,1H3. The first-order chi connectivity index (χ1) is 7.84. The van der Waals surface area contributed by atoms with E-state index >= 15 is 0 Å². The quantitative estimate of drug-likeness (QED) is 0.793. The van der Waals surface area contributed by atoms with Crippen LogP contribution in [0, 0.1) is 6.92 Å². The minimum absolute atomic E-state index is 0.549. The number of furan rings is 1. The Morgan fingerprint density at radius 1 is 1.38 bits per heavy atom. The van der Waals surface area contributed by atoms with Crippen LogP contribution >= 0.6 is 0 Å². The molecule has 0 aliphatic carbocycles. The van der Waals surface area contributed by atoms with Gasteiger partial charge in [0.2, 0.25) is 0 Å². The molecular weight excluding hydrogens is 202 g/mol. The third-order valence-electron chi connectivity index (χ3n) is 3.25. The lowest BCUT2D eigenvalue weighted by Gasteiger charge is -2.20. The SMILES string of the molecule is Cc1nncc2cc(C3CCNCC3)oc12. The van der Waals surface area contributed by atoms with Crippen LogP contribution in [0.5, 0.6) is 0 Å². The lowest BCUT2D eigenvalue weighted by atomic mass is 9.95. The second-order valence-electron chi connectivity index (χ2n) is 4.39. The van der Waals surface area contributed by atoms with Gasteiger partial charge in [-0.3, -0.25) is 0 Å². The van der Waals surface area contributed by atoms with Crippen LogP contribution in [0.1, 0.15) is 30.2 Å². The molecule has 0 saturated carbocycles. The molecule has 1 N–H and O–H groups in total. The first-order valence-corrected chi connectivity index (χ1v) is 5.77. The molecule has 3 heterocycles. The van der Waals surface area contributed by atoms with E-state index in [1.807, 2.05) is 6.92 Å². The van der Waals surface area contributed by atoms with Crippen molar-refractivity contribution in [2.24, 2.45) is 0 Å². The van der Waals surface area contributed by atoms with Crippen molar-refractivity contribution >= 4 is 11.0 Å². The third-order valence-corrected chi connectivity index (χ3v) is 3.25. The van der Waals surface area contributed by atoms with Crippen molar-refractivity contribution in [1.29, 1.82) is 0 Å². The van der Waals surface area contributed by atoms with Crippen LogP contribution in [-0.2, 0) is 0 Å². The minimum Gasteiger partial charge on any atom is -0.459 e. The van der Waals surface area contributed by atoms with Crippen molar-refractivity contribution < 1.29 is 4.42 Å². The van der Waals surface area contributed by atoms with Crippen LogP contribution in [0.2, 0.25) is 0 Å². The molecule has 1 saturated heterocycles. The monoisotopic (exact) mass is 217 g/mol. The molecule has 16 heavy (non-hydrogen) atoms. The van der Waals surface area contributed by atoms with Crippen LogP contribution in [0.4, 0.5) is 0 Å². The van der Waals surface area contributed by atoms with Gasteiger partial charge in [0.05, 0.1) is 6.20 Å². The molecule has 0 radical (unpaired) electrons. The molecular formula is C12H15N3O. The van der Waals surface area contributed by atoms with Gasteiger partial charge in [-0.1, -0.05) is 0 Å². The van der Waals surface area contributed by atoms with Gasteiger partial charge in [0, 0.05) is 11.3 Å². The zero-order valence-electron chi connectivity index (χ0n) is 9.36. The number of nitrogens with one attached hydrogen (secondary N) is 1. The van der Waals surface area contributed by atoms with Crippen LogP contribution in [0.25, 0.3) is 11.0 Å². The highest BCUT2D eigenvalue weighted by Gasteiger charge is 2.19. The van der Waals surface area contributed by atoms with E-state index in [4.69, 9.17) is 4.42 Å². The predicted octanol–water partition coefficient (Wildman–Crippen LogP) is 2.00. The second-order valence-corrected chi connectivity index (χ2v) is 4.39. The number of nitrogens with zero attached hydrogens (tertiary/aromatic N) is 2. The predicted molar refractivity (Wildman–Crippen MR) is 61.4 cm³/mol. The molecule has 0 amide bonds. The zero-order valence-corrected chi connectivity index (χ0v) is 9.36. The number of rotatable bonds is 1. The molecule has 0 atom stereocenters. The van der Waals surface area contributed by atoms with Gasteiger partial charge in [-0.15, -0.1) is 0 Å². The van der Waals surface area contributed by atoms with Crippen molar-refractivity contribution in [3.63, 3.8) is 0 Å². The summed E-state index contributed by atoms with van der Waals surface area (Å²) in [5, 5.41) is 12.4. The summed E-state index contributed by atoms with van der Waals surface area (Å²) in [5.41, 5.74) is 1.77. The summed E-state index contributed by atoms with van der Waals surface area (Å²) >= 11 is 0. The first kappa shape index (κ1) is 9.78. The maximum absolute atomic E-state index is 5.91. The lowest BCUT2D eigenvalue weighted by molar-refractivity contribution is 0.397. The maximum Gasteiger partial charge on any atom is 0.158 e. The number of aryl methyl sites for hydroxylation is 1. The second kappa shape index (κ2) is 3.87. The Morgan fingerprint density at radius 3 is 2.94 bits per heavy atom. The molecule has 0 unspecified atom stereocenters. The molecule has 4 heteroatoms. The Kier molecular flexibility index (Phi) is 2.36. The zero-order chi connectivity index (χ0) is 11.0. The Hall–Kier alpha value is -1.42. The fraction of sp³-hybridized carbons (Fsp3) is 0.500. The van der Waals surface area contributed by atoms with E-state index in [0.717, 1.165) is 48.4 Å². The van der Waals surface area contributed by atoms with Crippen LogP contribution in [0.3, 0.4) is 0 Å². The number of piperidine rings is 1. The average Bonchev–Trinajstić information content (AvgIpc) is 2.76. The van der Waals surface area contributed by atoms with Crippen molar-refractivity contribution in [2.45, 2.75) is 25.7 Å². The Balaban J connectivity index is 2.01. The van der Waals surface area contributed by atoms with E-state index in [1.54, 1.807) is 6.20 Å². The summed E-state index contributed by atoms with van der Waals surface area (Å²) in [6.45, 7) is 4.10. The third kappa shape index (κ3) is 1.59. The molecule has 1 fully saturated rings. The molecule has 1 aliphatic heterocycles. The highest BCUT2D eigenvalue weighted by molar-refractivity contribution is 5.78. The van der Waals surface area contributed by atoms with E-state index < -0.39 is 0 Å². The summed E-state index contributed by atoms with van der Waals surface area (Å²) in [4.78, 5) is 0. The number of aromatic nitrogens is 2. The molecule has 0 aromatic carbocycles. The van der Waals surface area contributed by atoms with Gasteiger partial charge in [-0.25, -0.2) is 0 Å². The topological polar surface area (TPSA) is 51.0 Å². The van der Waals surface area contributed by atoms with Gasteiger partial charge in [-0.05, 0) is 38.9 Å². The molecule has 2 aromatic rings. The maximum atomic E-state index is 5.91. The average molecular weight is 217 g/mol. The van der Waals surface area contributed by atoms with Gasteiger partial charge >= 0.3 is 0 Å². The summed E-state index contributed by atoms with van der Waals surface area (Å²) in [5.74, 6) is 1.64. The van der Waals surface area contributed by atoms with E-state index in [1.165, 1.54) is 0 Å². The summed E-state index contributed by atoms with van der Waals surface area (Å²) < 4.78 is 5.91. The van der Waals surface area contributed by atoms with Crippen molar-refractivity contribution in [3.8, 4) is 0 Å². The van der Waals surface area contributed by atoms with Crippen molar-refractivity contribution in [1.82, 2.24) is 15.5 Å². The Morgan fingerprint density at radius 2 is 2.19 bits per heavy atom. The van der Waals surface area contributed by atoms with E-state index in [-0.39, 0.29) is 0 Å². The van der Waals surface area contributed by atoms with Crippen LogP contribution in [-0.4, -0.2) is 23.3 Å². The van der Waals surface area contributed by atoms with Crippen LogP contribution < -0.4 is 5.32 Å². The molecule has 3 rings (SSSR count). The normalized spacial score (nSPS) is 18.1. The lowest BCUT2D eigenvalue weighted by Crippen LogP contribution is -2.26. The van der Waals surface area contributed by atoms with Crippen molar-refractivity contribution in [3.05, 3.63) is 23.7 Å². The molecule has 1 aliphatic rings. The molecule has 2 aromatic heterocycles. The van der Waals surface area contributed by atoms with Gasteiger partial charge in [0.15, 0.2) is 5.58 Å². The smallest absolute Gasteiger partial charge is 0.158 e. The molecule has 0 spiro atoms. The van der Waals surface area contributed by atoms with Gasteiger partial charge < -0.3 is 9.73 Å². The van der Waals surface area contributed by atoms with Gasteiger partial charge in [0.25, 0.3) is 0 Å². The summed E-state index contributed by atoms with van der Waals surface area (Å²) in [6.07, 6.45) is 4.08. The highest BCUT2D eigenvalue weighted by Crippen LogP contribution is 2.30. The van der Waals surface area contributed by atoms with Gasteiger partial charge in [-0.2, -0.15) is 10.2 Å². The fourth-order valence-corrected chi connectivity index (χ4v) is 2.33. The van der Waals surface area contributed by atoms with E-state index in [0.29, 0.717) is 5.92 Å². The summed E-state index contributed by atoms with van der Waals surface area (Å²) in [6, 6.07) is 2.12. The van der Waals surface area contributed by atoms with Gasteiger partial charge in [0.1, 0.15) is 11.5 Å². The van der Waals surface area contributed by atoms with E-state index in [2.05, 4.69) is 21.6 Å². The first-order valence-electron chi connectivity index (χ1n) is 5.77. The Labute approximate surface area is 94.0 Å². The number of hydrogen-bond acceptors (Lipinski definition) is 4. The van der Waals surface area contributed by atoms with Crippen molar-refractivity contribution in [2.75, 3.05) is 13.1 Å². The molecule has 0 bridgehead atoms. The number of fused-ring (bicyclic) bond motifs is 1. The number of hydrogen-bond donors (Lipinski definition) is 1. The molecule has 84 valence electrons. The van der Waals surface area contributed by atoms with Crippen LogP contribution in [0.15, 0.2) is 16.7 Å². The molecule has 4 nitrogen and oxygen atoms in total.